The van der Waals surface area contributed by atoms with Crippen molar-refractivity contribution in [1.82, 2.24) is 10.2 Å². The Hall–Kier alpha value is -3.27. The van der Waals surface area contributed by atoms with Gasteiger partial charge < -0.3 is 15.0 Å². The summed E-state index contributed by atoms with van der Waals surface area (Å²) in [6.45, 7) is 3.03. The molecule has 0 spiro atoms. The lowest BCUT2D eigenvalue weighted by atomic mass is 10.1. The maximum atomic E-state index is 14.3. The fourth-order valence-electron chi connectivity index (χ4n) is 5.27. The van der Waals surface area contributed by atoms with E-state index in [0.29, 0.717) is 27.8 Å². The number of aryl methyl sites for hydroxylation is 1. The average molecular weight is 647 g/mol. The summed E-state index contributed by atoms with van der Waals surface area (Å²) in [5.41, 5.74) is 1.61. The molecule has 0 bridgehead atoms. The van der Waals surface area contributed by atoms with Crippen LogP contribution in [0.5, 0.6) is 5.75 Å². The lowest BCUT2D eigenvalue weighted by molar-refractivity contribution is -0.140. The minimum absolute atomic E-state index is 0.0282. The number of hydrogen-bond acceptors (Lipinski definition) is 5. The van der Waals surface area contributed by atoms with E-state index in [2.05, 4.69) is 5.32 Å². The van der Waals surface area contributed by atoms with Crippen molar-refractivity contribution < 1.29 is 22.7 Å². The highest BCUT2D eigenvalue weighted by Crippen LogP contribution is 2.30. The number of halogens is 2. The van der Waals surface area contributed by atoms with Crippen LogP contribution >= 0.6 is 23.2 Å². The fraction of sp³-hybridized carbons (Fsp3) is 0.375. The zero-order chi connectivity index (χ0) is 31.1. The monoisotopic (exact) mass is 645 g/mol. The zero-order valence-electron chi connectivity index (χ0n) is 24.6. The second-order valence-corrected chi connectivity index (χ2v) is 13.3. The van der Waals surface area contributed by atoms with Crippen LogP contribution in [0, 0.1) is 6.92 Å². The molecule has 1 saturated carbocycles. The summed E-state index contributed by atoms with van der Waals surface area (Å²) in [7, 11) is -2.73. The number of benzene rings is 3. The van der Waals surface area contributed by atoms with Crippen LogP contribution in [0.4, 0.5) is 5.69 Å². The lowest BCUT2D eigenvalue weighted by Crippen LogP contribution is -2.53. The number of carbonyl (C=O) groups excluding carboxylic acids is 2. The van der Waals surface area contributed by atoms with Gasteiger partial charge in [0.2, 0.25) is 11.8 Å². The van der Waals surface area contributed by atoms with E-state index in [1.54, 1.807) is 54.6 Å². The number of methoxy groups -OCH3 is 1. The smallest absolute Gasteiger partial charge is 0.264 e. The maximum absolute atomic E-state index is 14.3. The Balaban J connectivity index is 1.76. The molecule has 2 amide bonds. The number of sulfonamides is 1. The summed E-state index contributed by atoms with van der Waals surface area (Å²) in [6, 6.07) is 17.1. The molecule has 3 aromatic rings. The second kappa shape index (κ2) is 14.5. The predicted molar refractivity (Wildman–Crippen MR) is 170 cm³/mol. The number of anilines is 1. The van der Waals surface area contributed by atoms with Crippen molar-refractivity contribution in [2.24, 2.45) is 0 Å². The van der Waals surface area contributed by atoms with Crippen LogP contribution < -0.4 is 14.4 Å². The molecule has 1 N–H and O–H groups in total. The minimum Gasteiger partial charge on any atom is -0.497 e. The number of nitrogens with one attached hydrogen (secondary N) is 1. The van der Waals surface area contributed by atoms with Gasteiger partial charge in [0.05, 0.1) is 17.7 Å². The van der Waals surface area contributed by atoms with E-state index in [-0.39, 0.29) is 29.1 Å². The highest BCUT2D eigenvalue weighted by atomic mass is 35.5. The Labute approximate surface area is 264 Å². The molecule has 0 heterocycles. The Morgan fingerprint density at radius 2 is 1.63 bits per heavy atom. The quantitative estimate of drug-likeness (QED) is 0.247. The van der Waals surface area contributed by atoms with Crippen molar-refractivity contribution in [3.05, 3.63) is 87.9 Å². The van der Waals surface area contributed by atoms with E-state index in [9.17, 15) is 18.0 Å². The van der Waals surface area contributed by atoms with Crippen molar-refractivity contribution in [3.8, 4) is 5.75 Å². The lowest BCUT2D eigenvalue weighted by Gasteiger charge is -2.34. The number of ether oxygens (including phenoxy) is 1. The van der Waals surface area contributed by atoms with Crippen LogP contribution in [0.15, 0.2) is 71.6 Å². The Morgan fingerprint density at radius 1 is 1.00 bits per heavy atom. The van der Waals surface area contributed by atoms with E-state index in [1.165, 1.54) is 24.1 Å². The van der Waals surface area contributed by atoms with Crippen molar-refractivity contribution >= 4 is 50.7 Å². The van der Waals surface area contributed by atoms with Crippen molar-refractivity contribution in [1.29, 1.82) is 0 Å². The molecule has 0 saturated heterocycles. The molecule has 8 nitrogen and oxygen atoms in total. The zero-order valence-corrected chi connectivity index (χ0v) is 26.9. The predicted octanol–water partition coefficient (Wildman–Crippen LogP) is 6.37. The summed E-state index contributed by atoms with van der Waals surface area (Å²) in [5, 5.41) is 3.78. The van der Waals surface area contributed by atoms with Gasteiger partial charge in [-0.05, 0) is 62.6 Å². The van der Waals surface area contributed by atoms with Gasteiger partial charge in [-0.25, -0.2) is 8.42 Å². The van der Waals surface area contributed by atoms with Gasteiger partial charge in [0, 0.05) is 34.3 Å². The van der Waals surface area contributed by atoms with Gasteiger partial charge in [0.15, 0.2) is 0 Å². The molecule has 0 aliphatic heterocycles. The summed E-state index contributed by atoms with van der Waals surface area (Å²) in [4.78, 5) is 29.3. The first kappa shape index (κ1) is 32.6. The molecule has 43 heavy (non-hydrogen) atoms. The van der Waals surface area contributed by atoms with Crippen LogP contribution in [-0.4, -0.2) is 50.9 Å². The SMILES string of the molecule is CCC(C(=O)NC1CCCC1)N(Cc1c(Cl)cccc1Cl)C(=O)CN(c1cccc(OC)c1)S(=O)(=O)c1ccc(C)cc1. The van der Waals surface area contributed by atoms with Crippen molar-refractivity contribution in [2.75, 3.05) is 18.0 Å². The molecular weight excluding hydrogens is 609 g/mol. The van der Waals surface area contributed by atoms with E-state index >= 15 is 0 Å². The molecule has 4 rings (SSSR count). The average Bonchev–Trinajstić information content (AvgIpc) is 3.50. The Kier molecular flexibility index (Phi) is 11.0. The standard InChI is InChI=1S/C32H37Cl2N3O5S/c1-4-30(32(39)35-23-9-5-6-10-23)36(20-27-28(33)13-8-14-29(27)34)31(38)21-37(24-11-7-12-25(19-24)42-3)43(40,41)26-17-15-22(2)16-18-26/h7-8,11-19,23,30H,4-6,9-10,20-21H2,1-3H3,(H,35,39). The number of rotatable bonds is 12. The normalized spacial score (nSPS) is 14.3. The van der Waals surface area contributed by atoms with Gasteiger partial charge in [-0.1, -0.05) is 72.8 Å². The molecule has 1 aliphatic rings. The van der Waals surface area contributed by atoms with Crippen molar-refractivity contribution in [2.45, 2.75) is 69.5 Å². The molecule has 0 radical (unpaired) electrons. The van der Waals surface area contributed by atoms with Crippen LogP contribution in [0.2, 0.25) is 10.0 Å². The van der Waals surface area contributed by atoms with Gasteiger partial charge in [-0.2, -0.15) is 0 Å². The maximum Gasteiger partial charge on any atom is 0.264 e. The summed E-state index contributed by atoms with van der Waals surface area (Å²) >= 11 is 13.0. The molecule has 1 unspecified atom stereocenters. The largest absolute Gasteiger partial charge is 0.497 e. The third kappa shape index (κ3) is 7.82. The summed E-state index contributed by atoms with van der Waals surface area (Å²) < 4.78 is 34.5. The first-order chi connectivity index (χ1) is 20.5. The molecule has 3 aromatic carbocycles. The van der Waals surface area contributed by atoms with Gasteiger partial charge in [0.25, 0.3) is 10.0 Å². The molecule has 0 aromatic heterocycles. The van der Waals surface area contributed by atoms with E-state index in [0.717, 1.165) is 35.6 Å². The summed E-state index contributed by atoms with van der Waals surface area (Å²) in [6.07, 6.45) is 4.13. The number of hydrogen-bond donors (Lipinski definition) is 1. The minimum atomic E-state index is -4.21. The molecule has 1 fully saturated rings. The van der Waals surface area contributed by atoms with E-state index in [1.807, 2.05) is 13.8 Å². The van der Waals surface area contributed by atoms with Crippen LogP contribution in [0.25, 0.3) is 0 Å². The molecule has 11 heteroatoms. The van der Waals surface area contributed by atoms with E-state index in [4.69, 9.17) is 27.9 Å². The van der Waals surface area contributed by atoms with Gasteiger partial charge in [0.1, 0.15) is 18.3 Å². The Bertz CT molecular complexity index is 1520. The van der Waals surface area contributed by atoms with Crippen molar-refractivity contribution in [3.63, 3.8) is 0 Å². The topological polar surface area (TPSA) is 96.0 Å². The van der Waals surface area contributed by atoms with Crippen LogP contribution in [-0.2, 0) is 26.2 Å². The van der Waals surface area contributed by atoms with E-state index < -0.39 is 28.5 Å². The van der Waals surface area contributed by atoms with Gasteiger partial charge in [-0.3, -0.25) is 13.9 Å². The first-order valence-electron chi connectivity index (χ1n) is 14.3. The first-order valence-corrected chi connectivity index (χ1v) is 16.5. The van der Waals surface area contributed by atoms with Crippen LogP contribution in [0.3, 0.4) is 0 Å². The summed E-state index contributed by atoms with van der Waals surface area (Å²) in [5.74, 6) is -0.445. The number of nitrogens with zero attached hydrogens (tertiary/aromatic N) is 2. The fourth-order valence-corrected chi connectivity index (χ4v) is 7.20. The van der Waals surface area contributed by atoms with Gasteiger partial charge >= 0.3 is 0 Å². The molecule has 230 valence electrons. The number of carbonyl (C=O) groups is 2. The third-order valence-electron chi connectivity index (χ3n) is 7.71. The molecular formula is C32H37Cl2N3O5S. The Morgan fingerprint density at radius 3 is 2.23 bits per heavy atom. The third-order valence-corrected chi connectivity index (χ3v) is 10.2. The van der Waals surface area contributed by atoms with Crippen LogP contribution in [0.1, 0.15) is 50.2 Å². The highest BCUT2D eigenvalue weighted by molar-refractivity contribution is 7.92. The number of amides is 2. The molecule has 1 atom stereocenters. The second-order valence-electron chi connectivity index (χ2n) is 10.7. The highest BCUT2D eigenvalue weighted by Gasteiger charge is 2.35. The molecule has 1 aliphatic carbocycles. The van der Waals surface area contributed by atoms with Gasteiger partial charge in [-0.15, -0.1) is 0 Å².